The van der Waals surface area contributed by atoms with Gasteiger partial charge in [0, 0.05) is 0 Å². The molecule has 4 fully saturated rings. The van der Waals surface area contributed by atoms with E-state index in [0.29, 0.717) is 37.0 Å². The maximum atomic E-state index is 14.8. The quantitative estimate of drug-likeness (QED) is 0.802. The number of halogens is 1. The predicted octanol–water partition coefficient (Wildman–Crippen LogP) is 3.03. The molecule has 4 bridgehead atoms. The summed E-state index contributed by atoms with van der Waals surface area (Å²) in [7, 11) is -3.94. The molecule has 0 heterocycles. The summed E-state index contributed by atoms with van der Waals surface area (Å²) in [5.41, 5.74) is 0. The molecule has 0 N–H and O–H groups in total. The van der Waals surface area contributed by atoms with Gasteiger partial charge in [0.05, 0.1) is 11.2 Å². The average Bonchev–Trinajstić information content (AvgIpc) is 2.24. The van der Waals surface area contributed by atoms with Gasteiger partial charge < -0.3 is 0 Å². The summed E-state index contributed by atoms with van der Waals surface area (Å²) in [6, 6.07) is 0. The molecule has 5 heteroatoms. The first-order valence-corrected chi connectivity index (χ1v) is 9.06. The van der Waals surface area contributed by atoms with Gasteiger partial charge in [-0.15, -0.1) is 0 Å². The number of sulfone groups is 1. The Hall–Kier alpha value is -0.450. The van der Waals surface area contributed by atoms with Crippen LogP contribution in [0.25, 0.3) is 0 Å². The molecule has 0 amide bonds. The van der Waals surface area contributed by atoms with Crippen molar-refractivity contribution in [1.82, 2.24) is 0 Å². The van der Waals surface area contributed by atoms with Gasteiger partial charge in [0.1, 0.15) is 5.78 Å². The van der Waals surface area contributed by atoms with Crippen molar-refractivity contribution in [2.24, 2.45) is 17.8 Å². The SMILES string of the molecule is CC(=O)CC(C)(F)S(=O)(=O)C12CC3CC(CC(C3)C1)C2. The Bertz CT molecular complexity index is 500. The van der Waals surface area contributed by atoms with Crippen molar-refractivity contribution < 1.29 is 17.6 Å². The molecule has 0 radical (unpaired) electrons. The van der Waals surface area contributed by atoms with Crippen LogP contribution in [0, 0.1) is 17.8 Å². The molecule has 1 atom stereocenters. The van der Waals surface area contributed by atoms with Crippen LogP contribution in [0.5, 0.6) is 0 Å². The Morgan fingerprint density at radius 1 is 1.15 bits per heavy atom. The van der Waals surface area contributed by atoms with Gasteiger partial charge >= 0.3 is 0 Å². The summed E-state index contributed by atoms with van der Waals surface area (Å²) in [5, 5.41) is -2.41. The minimum atomic E-state index is -3.94. The van der Waals surface area contributed by atoms with Crippen LogP contribution in [0.2, 0.25) is 0 Å². The van der Waals surface area contributed by atoms with Crippen LogP contribution in [0.15, 0.2) is 0 Å². The van der Waals surface area contributed by atoms with Gasteiger partial charge in [-0.3, -0.25) is 4.79 Å². The van der Waals surface area contributed by atoms with Gasteiger partial charge in [-0.05, 0) is 70.1 Å². The van der Waals surface area contributed by atoms with E-state index in [4.69, 9.17) is 0 Å². The van der Waals surface area contributed by atoms with E-state index in [1.807, 2.05) is 0 Å². The summed E-state index contributed by atoms with van der Waals surface area (Å²) in [6.45, 7) is 2.34. The Balaban J connectivity index is 1.97. The van der Waals surface area contributed by atoms with Crippen LogP contribution in [-0.4, -0.2) is 23.9 Å². The summed E-state index contributed by atoms with van der Waals surface area (Å²) in [5.74, 6) is 0.945. The minimum absolute atomic E-state index is 0.400. The van der Waals surface area contributed by atoms with Gasteiger partial charge in [0.15, 0.2) is 9.84 Å². The molecule has 0 saturated heterocycles. The number of carbonyl (C=O) groups is 1. The van der Waals surface area contributed by atoms with E-state index in [-0.39, 0.29) is 0 Å². The fraction of sp³-hybridized carbons (Fsp3) is 0.933. The molecule has 0 aromatic rings. The van der Waals surface area contributed by atoms with Crippen molar-refractivity contribution in [3.8, 4) is 0 Å². The molecule has 4 aliphatic rings. The van der Waals surface area contributed by atoms with Crippen LogP contribution in [0.1, 0.15) is 58.8 Å². The normalized spacial score (nSPS) is 42.5. The van der Waals surface area contributed by atoms with Crippen LogP contribution < -0.4 is 0 Å². The second-order valence-electron chi connectivity index (χ2n) is 7.58. The van der Waals surface area contributed by atoms with E-state index in [0.717, 1.165) is 26.2 Å². The van der Waals surface area contributed by atoms with Gasteiger partial charge in [-0.2, -0.15) is 0 Å². The van der Waals surface area contributed by atoms with Gasteiger partial charge in [-0.1, -0.05) is 0 Å². The molecular formula is C15H23FO3S. The highest BCUT2D eigenvalue weighted by molar-refractivity contribution is 7.94. The molecule has 114 valence electrons. The molecule has 1 unspecified atom stereocenters. The number of rotatable bonds is 4. The minimum Gasteiger partial charge on any atom is -0.300 e. The lowest BCUT2D eigenvalue weighted by Crippen LogP contribution is -2.59. The number of hydrogen-bond donors (Lipinski definition) is 0. The fourth-order valence-corrected chi connectivity index (χ4v) is 8.01. The largest absolute Gasteiger partial charge is 0.300 e. The molecule has 4 saturated carbocycles. The number of ketones is 1. The second-order valence-corrected chi connectivity index (χ2v) is 10.3. The molecular weight excluding hydrogens is 279 g/mol. The summed E-state index contributed by atoms with van der Waals surface area (Å²) in [4.78, 5) is 11.2. The highest BCUT2D eigenvalue weighted by atomic mass is 32.2. The van der Waals surface area contributed by atoms with Crippen LogP contribution in [0.4, 0.5) is 4.39 Å². The highest BCUT2D eigenvalue weighted by Crippen LogP contribution is 2.60. The first-order chi connectivity index (χ1) is 9.15. The van der Waals surface area contributed by atoms with Crippen LogP contribution in [0.3, 0.4) is 0 Å². The Kier molecular flexibility index (Phi) is 3.10. The third kappa shape index (κ3) is 1.96. The zero-order chi connectivity index (χ0) is 14.8. The summed E-state index contributed by atoms with van der Waals surface area (Å²) >= 11 is 0. The standard InChI is InChI=1S/C15H23FO3S/c1-10(17)6-14(2,16)20(18,19)15-7-11-3-12(8-15)5-13(4-11)9-15/h11-13H,3-9H2,1-2H3. The van der Waals surface area contributed by atoms with Crippen LogP contribution >= 0.6 is 0 Å². The Morgan fingerprint density at radius 2 is 1.55 bits per heavy atom. The summed E-state index contributed by atoms with van der Waals surface area (Å²) < 4.78 is 39.8. The smallest absolute Gasteiger partial charge is 0.215 e. The van der Waals surface area contributed by atoms with Crippen molar-refractivity contribution in [2.45, 2.75) is 68.5 Å². The van der Waals surface area contributed by atoms with Crippen molar-refractivity contribution >= 4 is 15.6 Å². The van der Waals surface area contributed by atoms with E-state index in [2.05, 4.69) is 0 Å². The van der Waals surface area contributed by atoms with E-state index >= 15 is 0 Å². The molecule has 0 aromatic carbocycles. The predicted molar refractivity (Wildman–Crippen MR) is 74.6 cm³/mol. The third-order valence-corrected chi connectivity index (χ3v) is 8.58. The zero-order valence-corrected chi connectivity index (χ0v) is 13.0. The monoisotopic (exact) mass is 302 g/mol. The lowest BCUT2D eigenvalue weighted by molar-refractivity contribution is -0.118. The third-order valence-electron chi connectivity index (χ3n) is 5.68. The van der Waals surface area contributed by atoms with Crippen molar-refractivity contribution in [3.63, 3.8) is 0 Å². The zero-order valence-electron chi connectivity index (χ0n) is 12.2. The molecule has 0 spiro atoms. The topological polar surface area (TPSA) is 51.2 Å². The maximum absolute atomic E-state index is 14.8. The van der Waals surface area contributed by atoms with Crippen molar-refractivity contribution in [1.29, 1.82) is 0 Å². The fourth-order valence-electron chi connectivity index (χ4n) is 5.35. The number of Topliss-reactive ketones (excluding diaryl/α,β-unsaturated/α-hetero) is 1. The van der Waals surface area contributed by atoms with Crippen LogP contribution in [-0.2, 0) is 14.6 Å². The summed E-state index contributed by atoms with van der Waals surface area (Å²) in [6.07, 6.45) is 4.66. The van der Waals surface area contributed by atoms with Crippen molar-refractivity contribution in [3.05, 3.63) is 0 Å². The van der Waals surface area contributed by atoms with Crippen molar-refractivity contribution in [2.75, 3.05) is 0 Å². The average molecular weight is 302 g/mol. The molecule has 3 nitrogen and oxygen atoms in total. The highest BCUT2D eigenvalue weighted by Gasteiger charge is 2.62. The first-order valence-electron chi connectivity index (χ1n) is 7.58. The molecule has 4 rings (SSSR count). The molecule has 20 heavy (non-hydrogen) atoms. The Morgan fingerprint density at radius 3 is 1.90 bits per heavy atom. The van der Waals surface area contributed by atoms with E-state index in [9.17, 15) is 17.6 Å². The lowest BCUT2D eigenvalue weighted by Gasteiger charge is -2.56. The van der Waals surface area contributed by atoms with E-state index in [1.54, 1.807) is 0 Å². The Labute approximate surface area is 120 Å². The molecule has 0 aliphatic heterocycles. The first kappa shape index (κ1) is 14.5. The van der Waals surface area contributed by atoms with Gasteiger partial charge in [0.25, 0.3) is 0 Å². The van der Waals surface area contributed by atoms with E-state index in [1.165, 1.54) is 6.92 Å². The number of hydrogen-bond acceptors (Lipinski definition) is 3. The number of alkyl halides is 1. The maximum Gasteiger partial charge on any atom is 0.215 e. The van der Waals surface area contributed by atoms with Gasteiger partial charge in [0.2, 0.25) is 5.00 Å². The second kappa shape index (κ2) is 4.28. The molecule has 4 aliphatic carbocycles. The number of carbonyl (C=O) groups excluding carboxylic acids is 1. The van der Waals surface area contributed by atoms with Gasteiger partial charge in [-0.25, -0.2) is 12.8 Å². The lowest BCUT2D eigenvalue weighted by atomic mass is 9.56. The molecule has 0 aromatic heterocycles. The van der Waals surface area contributed by atoms with E-state index < -0.39 is 31.8 Å².